The Morgan fingerprint density at radius 2 is 2.25 bits per heavy atom. The van der Waals surface area contributed by atoms with Crippen LogP contribution in [0, 0.1) is 11.3 Å². The zero-order valence-corrected chi connectivity index (χ0v) is 8.91. The van der Waals surface area contributed by atoms with Crippen molar-refractivity contribution in [1.82, 2.24) is 4.98 Å². The van der Waals surface area contributed by atoms with Crippen LogP contribution < -0.4 is 0 Å². The zero-order valence-electron chi connectivity index (χ0n) is 5.81. The first-order chi connectivity index (χ1) is 5.66. The fraction of sp³-hybridized carbons (Fsp3) is 0.143. The molecule has 0 aliphatic carbocycles. The average molecular weight is 266 g/mol. The van der Waals surface area contributed by atoms with Gasteiger partial charge in [-0.2, -0.15) is 5.26 Å². The molecule has 5 heteroatoms. The lowest BCUT2D eigenvalue weighted by molar-refractivity contribution is 1.19. The van der Waals surface area contributed by atoms with Gasteiger partial charge in [0, 0.05) is 11.8 Å². The van der Waals surface area contributed by atoms with Gasteiger partial charge in [0.2, 0.25) is 0 Å². The van der Waals surface area contributed by atoms with Crippen LogP contribution in [0.2, 0.25) is 10.0 Å². The molecule has 0 atom stereocenters. The lowest BCUT2D eigenvalue weighted by Gasteiger charge is -2.02. The predicted molar refractivity (Wildman–Crippen MR) is 51.3 cm³/mol. The van der Waals surface area contributed by atoms with Gasteiger partial charge in [0.1, 0.15) is 4.60 Å². The summed E-state index contributed by atoms with van der Waals surface area (Å²) < 4.78 is 0.513. The molecule has 2 nitrogen and oxygen atoms in total. The van der Waals surface area contributed by atoms with E-state index in [1.165, 1.54) is 6.20 Å². The van der Waals surface area contributed by atoms with Crippen molar-refractivity contribution < 1.29 is 0 Å². The fourth-order valence-corrected chi connectivity index (χ4v) is 1.54. The molecule has 1 aromatic heterocycles. The highest BCUT2D eigenvalue weighted by atomic mass is 79.9. The second kappa shape index (κ2) is 4.08. The minimum atomic E-state index is 0.193. The Balaban J connectivity index is 3.25. The van der Waals surface area contributed by atoms with Gasteiger partial charge < -0.3 is 0 Å². The maximum atomic E-state index is 8.46. The summed E-state index contributed by atoms with van der Waals surface area (Å²) in [5, 5.41) is 9.28. The molecule has 1 rings (SSSR count). The van der Waals surface area contributed by atoms with Crippen molar-refractivity contribution in [3.8, 4) is 6.07 Å². The summed E-state index contributed by atoms with van der Waals surface area (Å²) in [6.07, 6.45) is 1.66. The molecule has 12 heavy (non-hydrogen) atoms. The zero-order chi connectivity index (χ0) is 9.14. The summed E-state index contributed by atoms with van der Waals surface area (Å²) in [6.45, 7) is 0. The minimum Gasteiger partial charge on any atom is -0.246 e. The van der Waals surface area contributed by atoms with Crippen LogP contribution in [-0.4, -0.2) is 4.98 Å². The Bertz CT molecular complexity index is 346. The summed E-state index contributed by atoms with van der Waals surface area (Å²) in [6, 6.07) is 1.98. The van der Waals surface area contributed by atoms with Gasteiger partial charge in [0.25, 0.3) is 0 Å². The highest BCUT2D eigenvalue weighted by molar-refractivity contribution is 9.10. The summed E-state index contributed by atoms with van der Waals surface area (Å²) >= 11 is 14.7. The van der Waals surface area contributed by atoms with E-state index in [-0.39, 0.29) is 6.42 Å². The summed E-state index contributed by atoms with van der Waals surface area (Å²) in [5.74, 6) is 0. The maximum absolute atomic E-state index is 8.46. The van der Waals surface area contributed by atoms with Crippen LogP contribution >= 0.6 is 39.1 Å². The second-order valence-corrected chi connectivity index (χ2v) is 3.56. The molecule has 1 heterocycles. The van der Waals surface area contributed by atoms with Crippen molar-refractivity contribution >= 4 is 39.1 Å². The third-order valence-corrected chi connectivity index (χ3v) is 2.84. The Morgan fingerprint density at radius 3 is 2.83 bits per heavy atom. The van der Waals surface area contributed by atoms with Gasteiger partial charge in [-0.1, -0.05) is 23.2 Å². The van der Waals surface area contributed by atoms with Crippen LogP contribution in [0.1, 0.15) is 5.56 Å². The number of aromatic nitrogens is 1. The molecule has 0 radical (unpaired) electrons. The van der Waals surface area contributed by atoms with Crippen molar-refractivity contribution in [3.05, 3.63) is 26.4 Å². The van der Waals surface area contributed by atoms with Crippen LogP contribution in [0.3, 0.4) is 0 Å². The van der Waals surface area contributed by atoms with Crippen LogP contribution in [-0.2, 0) is 6.42 Å². The number of halogens is 3. The minimum absolute atomic E-state index is 0.193. The fourth-order valence-electron chi connectivity index (χ4n) is 0.718. The monoisotopic (exact) mass is 264 g/mol. The van der Waals surface area contributed by atoms with Gasteiger partial charge in [-0.25, -0.2) is 4.98 Å². The first-order valence-electron chi connectivity index (χ1n) is 3.02. The van der Waals surface area contributed by atoms with Gasteiger partial charge in [-0.05, 0) is 15.9 Å². The van der Waals surface area contributed by atoms with Crippen molar-refractivity contribution in [2.75, 3.05) is 0 Å². The molecule has 0 aliphatic rings. The van der Waals surface area contributed by atoms with E-state index in [0.29, 0.717) is 20.2 Å². The molecular formula is C7H3BrCl2N2. The van der Waals surface area contributed by atoms with Crippen LogP contribution in [0.15, 0.2) is 10.8 Å². The molecule has 1 aromatic rings. The molecular weight excluding hydrogens is 263 g/mol. The summed E-state index contributed by atoms with van der Waals surface area (Å²) in [7, 11) is 0. The van der Waals surface area contributed by atoms with E-state index >= 15 is 0 Å². The van der Waals surface area contributed by atoms with Gasteiger partial charge >= 0.3 is 0 Å². The topological polar surface area (TPSA) is 36.7 Å². The predicted octanol–water partition coefficient (Wildman–Crippen LogP) is 3.22. The second-order valence-electron chi connectivity index (χ2n) is 2.02. The van der Waals surface area contributed by atoms with Gasteiger partial charge in [-0.15, -0.1) is 0 Å². The van der Waals surface area contributed by atoms with Crippen molar-refractivity contribution in [2.45, 2.75) is 6.42 Å². The van der Waals surface area contributed by atoms with Crippen molar-refractivity contribution in [2.24, 2.45) is 0 Å². The van der Waals surface area contributed by atoms with E-state index in [9.17, 15) is 0 Å². The molecule has 62 valence electrons. The van der Waals surface area contributed by atoms with Gasteiger partial charge in [-0.3, -0.25) is 0 Å². The number of hydrogen-bond donors (Lipinski definition) is 0. The quantitative estimate of drug-likeness (QED) is 0.731. The van der Waals surface area contributed by atoms with Gasteiger partial charge in [0.15, 0.2) is 0 Å². The molecule has 0 saturated heterocycles. The van der Waals surface area contributed by atoms with E-state index < -0.39 is 0 Å². The molecule has 0 spiro atoms. The Labute approximate surface area is 88.2 Å². The average Bonchev–Trinajstić information content (AvgIpc) is 2.06. The molecule has 0 aliphatic heterocycles. The van der Waals surface area contributed by atoms with Gasteiger partial charge in [0.05, 0.1) is 22.5 Å². The standard InChI is InChI=1S/C7H3BrCl2N2/c8-7-6(10)4(1-2-11)5(9)3-12-7/h3H,1H2. The van der Waals surface area contributed by atoms with E-state index in [4.69, 9.17) is 28.5 Å². The molecule has 0 unspecified atom stereocenters. The normalized spacial score (nSPS) is 9.50. The molecule has 0 aromatic carbocycles. The Hall–Kier alpha value is -0.300. The smallest absolute Gasteiger partial charge is 0.125 e. The lowest BCUT2D eigenvalue weighted by Crippen LogP contribution is -1.89. The number of nitrogens with zero attached hydrogens (tertiary/aromatic N) is 2. The highest BCUT2D eigenvalue weighted by Crippen LogP contribution is 2.29. The van der Waals surface area contributed by atoms with Crippen LogP contribution in [0.25, 0.3) is 0 Å². The van der Waals surface area contributed by atoms with E-state index in [1.54, 1.807) is 0 Å². The van der Waals surface area contributed by atoms with Crippen molar-refractivity contribution in [3.63, 3.8) is 0 Å². The molecule has 0 amide bonds. The molecule has 0 bridgehead atoms. The Kier molecular flexibility index (Phi) is 3.33. The van der Waals surface area contributed by atoms with E-state index in [0.717, 1.165) is 0 Å². The molecule has 0 saturated carbocycles. The number of nitriles is 1. The van der Waals surface area contributed by atoms with Crippen LogP contribution in [0.4, 0.5) is 0 Å². The summed E-state index contributed by atoms with van der Waals surface area (Å²) in [4.78, 5) is 3.86. The third kappa shape index (κ3) is 1.89. The summed E-state index contributed by atoms with van der Waals surface area (Å²) in [5.41, 5.74) is 0.614. The van der Waals surface area contributed by atoms with E-state index in [1.807, 2.05) is 6.07 Å². The van der Waals surface area contributed by atoms with Crippen molar-refractivity contribution in [1.29, 1.82) is 5.26 Å². The molecule has 0 fully saturated rings. The Morgan fingerprint density at radius 1 is 1.58 bits per heavy atom. The number of hydrogen-bond acceptors (Lipinski definition) is 2. The van der Waals surface area contributed by atoms with Crippen LogP contribution in [0.5, 0.6) is 0 Å². The first kappa shape index (κ1) is 9.79. The maximum Gasteiger partial charge on any atom is 0.125 e. The largest absolute Gasteiger partial charge is 0.246 e. The number of pyridine rings is 1. The first-order valence-corrected chi connectivity index (χ1v) is 4.57. The van der Waals surface area contributed by atoms with E-state index in [2.05, 4.69) is 20.9 Å². The SMILES string of the molecule is N#CCc1c(Cl)cnc(Br)c1Cl. The molecule has 0 N–H and O–H groups in total. The third-order valence-electron chi connectivity index (χ3n) is 1.28. The lowest BCUT2D eigenvalue weighted by atomic mass is 10.2. The number of rotatable bonds is 1. The highest BCUT2D eigenvalue weighted by Gasteiger charge is 2.09.